The van der Waals surface area contributed by atoms with Crippen molar-refractivity contribution in [3.05, 3.63) is 52.2 Å². The normalized spacial score (nSPS) is 12.1. The predicted octanol–water partition coefficient (Wildman–Crippen LogP) is 4.11. The van der Waals surface area contributed by atoms with Crippen LogP contribution in [0.4, 0.5) is 13.2 Å². The first-order valence-corrected chi connectivity index (χ1v) is 7.09. The van der Waals surface area contributed by atoms with E-state index < -0.39 is 28.5 Å². The average molecular weight is 373 g/mol. The van der Waals surface area contributed by atoms with Crippen molar-refractivity contribution in [1.29, 1.82) is 0 Å². The van der Waals surface area contributed by atoms with E-state index in [0.717, 1.165) is 6.07 Å². The summed E-state index contributed by atoms with van der Waals surface area (Å²) in [6.45, 7) is 1.33. The second-order valence-corrected chi connectivity index (χ2v) is 5.35. The molecule has 0 aliphatic carbocycles. The number of halogens is 4. The molecule has 0 spiro atoms. The van der Waals surface area contributed by atoms with Gasteiger partial charge in [0.05, 0.1) is 5.56 Å². The van der Waals surface area contributed by atoms with E-state index in [2.05, 4.69) is 4.98 Å². The molecule has 25 heavy (non-hydrogen) atoms. The zero-order valence-corrected chi connectivity index (χ0v) is 13.4. The van der Waals surface area contributed by atoms with Gasteiger partial charge in [-0.1, -0.05) is 23.7 Å². The Bertz CT molecular complexity index is 850. The third kappa shape index (κ3) is 4.63. The van der Waals surface area contributed by atoms with Crippen LogP contribution in [-0.2, 0) is 11.0 Å². The minimum atomic E-state index is -4.61. The second kappa shape index (κ2) is 7.02. The van der Waals surface area contributed by atoms with Crippen LogP contribution in [0, 0.1) is 0 Å². The molecule has 2 aromatic rings. The number of nitrogens with zero attached hydrogens (tertiary/aromatic N) is 1. The number of hydrogen-bond donors (Lipinski definition) is 1. The van der Waals surface area contributed by atoms with Gasteiger partial charge in [-0.2, -0.15) is 13.2 Å². The summed E-state index contributed by atoms with van der Waals surface area (Å²) in [7, 11) is 0. The molecule has 1 N–H and O–H groups in total. The van der Waals surface area contributed by atoms with Crippen LogP contribution in [0.2, 0.25) is 5.02 Å². The van der Waals surface area contributed by atoms with Crippen molar-refractivity contribution in [2.75, 3.05) is 0 Å². The Labute approximate surface area is 145 Å². The molecule has 0 bridgehead atoms. The molecule has 1 aromatic carbocycles. The van der Waals surface area contributed by atoms with Crippen LogP contribution in [-0.4, -0.2) is 16.1 Å². The number of alkyl halides is 3. The van der Waals surface area contributed by atoms with Gasteiger partial charge in [0.2, 0.25) is 5.88 Å². The summed E-state index contributed by atoms with van der Waals surface area (Å²) in [6.07, 6.45) is -2.83. The van der Waals surface area contributed by atoms with Crippen LogP contribution in [0.15, 0.2) is 36.0 Å². The van der Waals surface area contributed by atoms with Crippen LogP contribution >= 0.6 is 11.6 Å². The SMILES string of the molecule is C/C(=C\c1ccc([O-])cc1Oc1ncc(C(F)(F)F)cc1Cl)C(=O)O. The Hall–Kier alpha value is -2.74. The number of carboxylic acids is 1. The molecule has 0 radical (unpaired) electrons. The molecule has 0 fully saturated rings. The fraction of sp³-hybridized carbons (Fsp3) is 0.125. The van der Waals surface area contributed by atoms with Crippen molar-refractivity contribution in [3.63, 3.8) is 0 Å². The van der Waals surface area contributed by atoms with Gasteiger partial charge in [0.1, 0.15) is 10.8 Å². The average Bonchev–Trinajstić information content (AvgIpc) is 2.50. The van der Waals surface area contributed by atoms with Gasteiger partial charge in [-0.05, 0) is 25.1 Å². The first-order valence-electron chi connectivity index (χ1n) is 6.71. The van der Waals surface area contributed by atoms with E-state index in [1.54, 1.807) is 0 Å². The molecule has 2 rings (SSSR count). The molecular formula is C16H10ClF3NO4-. The summed E-state index contributed by atoms with van der Waals surface area (Å²) >= 11 is 5.76. The van der Waals surface area contributed by atoms with E-state index >= 15 is 0 Å². The van der Waals surface area contributed by atoms with E-state index in [1.165, 1.54) is 25.1 Å². The minimum absolute atomic E-state index is 0.0324. The molecule has 0 atom stereocenters. The lowest BCUT2D eigenvalue weighted by Crippen LogP contribution is -2.06. The second-order valence-electron chi connectivity index (χ2n) is 4.94. The van der Waals surface area contributed by atoms with Gasteiger partial charge in [0.15, 0.2) is 0 Å². The van der Waals surface area contributed by atoms with Gasteiger partial charge < -0.3 is 14.9 Å². The smallest absolute Gasteiger partial charge is 0.417 e. The monoisotopic (exact) mass is 372 g/mol. The van der Waals surface area contributed by atoms with Crippen molar-refractivity contribution in [2.45, 2.75) is 13.1 Å². The van der Waals surface area contributed by atoms with Crippen LogP contribution < -0.4 is 9.84 Å². The zero-order chi connectivity index (χ0) is 18.8. The first-order chi connectivity index (χ1) is 11.6. The van der Waals surface area contributed by atoms with E-state index in [4.69, 9.17) is 21.4 Å². The zero-order valence-electron chi connectivity index (χ0n) is 12.6. The third-order valence-corrected chi connectivity index (χ3v) is 3.31. The molecule has 1 aromatic heterocycles. The molecule has 0 saturated heterocycles. The fourth-order valence-electron chi connectivity index (χ4n) is 1.78. The van der Waals surface area contributed by atoms with Gasteiger partial charge in [-0.25, -0.2) is 9.78 Å². The number of hydrogen-bond acceptors (Lipinski definition) is 4. The van der Waals surface area contributed by atoms with Crippen LogP contribution in [0.25, 0.3) is 6.08 Å². The maximum absolute atomic E-state index is 12.6. The number of aliphatic carboxylic acids is 1. The molecular weight excluding hydrogens is 363 g/mol. The van der Waals surface area contributed by atoms with E-state index in [0.29, 0.717) is 12.3 Å². The molecule has 132 valence electrons. The first kappa shape index (κ1) is 18.6. The van der Waals surface area contributed by atoms with Gasteiger partial charge in [0.25, 0.3) is 0 Å². The van der Waals surface area contributed by atoms with Crippen molar-refractivity contribution < 1.29 is 32.9 Å². The quantitative estimate of drug-likeness (QED) is 0.817. The highest BCUT2D eigenvalue weighted by atomic mass is 35.5. The van der Waals surface area contributed by atoms with Gasteiger partial charge in [0, 0.05) is 17.3 Å². The molecule has 0 saturated carbocycles. The number of rotatable bonds is 4. The number of pyridine rings is 1. The number of aromatic nitrogens is 1. The van der Waals surface area contributed by atoms with Gasteiger partial charge in [-0.3, -0.25) is 0 Å². The molecule has 0 aliphatic heterocycles. The van der Waals surface area contributed by atoms with Crippen molar-refractivity contribution >= 4 is 23.6 Å². The summed E-state index contributed by atoms with van der Waals surface area (Å²) < 4.78 is 43.2. The Balaban J connectivity index is 2.42. The topological polar surface area (TPSA) is 82.5 Å². The summed E-state index contributed by atoms with van der Waals surface area (Å²) in [4.78, 5) is 14.4. The highest BCUT2D eigenvalue weighted by Crippen LogP contribution is 2.36. The lowest BCUT2D eigenvalue weighted by Gasteiger charge is -2.14. The lowest BCUT2D eigenvalue weighted by atomic mass is 10.1. The van der Waals surface area contributed by atoms with E-state index in [1.807, 2.05) is 0 Å². The summed E-state index contributed by atoms with van der Waals surface area (Å²) in [5, 5.41) is 20.0. The summed E-state index contributed by atoms with van der Waals surface area (Å²) in [5.41, 5.74) is -0.850. The number of carboxylic acid groups (broad SMARTS) is 1. The Kier molecular flexibility index (Phi) is 5.22. The molecule has 1 heterocycles. The summed E-state index contributed by atoms with van der Waals surface area (Å²) in [5.74, 6) is -2.05. The molecule has 0 amide bonds. The molecule has 5 nitrogen and oxygen atoms in total. The fourth-order valence-corrected chi connectivity index (χ4v) is 1.98. The van der Waals surface area contributed by atoms with Crippen molar-refractivity contribution in [3.8, 4) is 17.4 Å². The number of benzene rings is 1. The summed E-state index contributed by atoms with van der Waals surface area (Å²) in [6, 6.07) is 4.21. The van der Waals surface area contributed by atoms with Crippen LogP contribution in [0.1, 0.15) is 18.1 Å². The Morgan fingerprint density at radius 3 is 2.60 bits per heavy atom. The highest BCUT2D eigenvalue weighted by Gasteiger charge is 2.31. The van der Waals surface area contributed by atoms with Crippen LogP contribution in [0.5, 0.6) is 17.4 Å². The highest BCUT2D eigenvalue weighted by molar-refractivity contribution is 6.31. The molecule has 0 unspecified atom stereocenters. The van der Waals surface area contributed by atoms with Crippen molar-refractivity contribution in [2.24, 2.45) is 0 Å². The molecule has 0 aliphatic rings. The van der Waals surface area contributed by atoms with Crippen LogP contribution in [0.3, 0.4) is 0 Å². The largest absolute Gasteiger partial charge is 0.872 e. The third-order valence-electron chi connectivity index (χ3n) is 3.04. The predicted molar refractivity (Wildman–Crippen MR) is 81.5 cm³/mol. The lowest BCUT2D eigenvalue weighted by molar-refractivity contribution is -0.268. The minimum Gasteiger partial charge on any atom is -0.872 e. The molecule has 9 heteroatoms. The standard InChI is InChI=1S/C16H11ClF3NO4/c1-8(15(23)24)4-9-2-3-11(22)6-13(9)25-14-12(17)5-10(7-21-14)16(18,19)20/h2-7,22H,1H3,(H,23,24)/p-1/b8-4+. The van der Waals surface area contributed by atoms with Gasteiger partial charge >= 0.3 is 12.1 Å². The number of ether oxygens (including phenoxy) is 1. The number of carbonyl (C=O) groups is 1. The Morgan fingerprint density at radius 2 is 2.04 bits per heavy atom. The van der Waals surface area contributed by atoms with E-state index in [9.17, 15) is 23.1 Å². The Morgan fingerprint density at radius 1 is 1.36 bits per heavy atom. The van der Waals surface area contributed by atoms with Gasteiger partial charge in [-0.15, -0.1) is 5.75 Å². The van der Waals surface area contributed by atoms with Crippen molar-refractivity contribution in [1.82, 2.24) is 4.98 Å². The maximum atomic E-state index is 12.6. The van der Waals surface area contributed by atoms with E-state index in [-0.39, 0.29) is 22.8 Å². The maximum Gasteiger partial charge on any atom is 0.417 e.